The van der Waals surface area contributed by atoms with Crippen molar-refractivity contribution >= 4 is 8.32 Å². The highest BCUT2D eigenvalue weighted by atomic mass is 28.4. The molecule has 0 unspecified atom stereocenters. The molecule has 2 aliphatic heterocycles. The second kappa shape index (κ2) is 6.87. The monoisotopic (exact) mass is 427 g/mol. The zero-order valence-corrected chi connectivity index (χ0v) is 20.0. The molecule has 0 spiro atoms. The topological polar surface area (TPSA) is 58.2 Å². The molecule has 0 amide bonds. The summed E-state index contributed by atoms with van der Waals surface area (Å²) in [6, 6.07) is 8.78. The Labute approximate surface area is 178 Å². The maximum Gasteiger partial charge on any atom is 0.352 e. The predicted octanol–water partition coefficient (Wildman–Crippen LogP) is 4.48. The van der Waals surface area contributed by atoms with E-state index in [-0.39, 0.29) is 28.5 Å². The van der Waals surface area contributed by atoms with Gasteiger partial charge in [-0.05, 0) is 54.6 Å². The summed E-state index contributed by atoms with van der Waals surface area (Å²) in [6.07, 6.45) is 2.94. The molecule has 0 saturated carbocycles. The van der Waals surface area contributed by atoms with Crippen molar-refractivity contribution in [1.29, 1.82) is 0 Å². The molecule has 1 aromatic carbocycles. The lowest BCUT2D eigenvalue weighted by Gasteiger charge is -2.47. The van der Waals surface area contributed by atoms with Gasteiger partial charge in [0.05, 0.1) is 11.7 Å². The van der Waals surface area contributed by atoms with Gasteiger partial charge in [-0.1, -0.05) is 52.8 Å². The highest BCUT2D eigenvalue weighted by Crippen LogP contribution is 2.48. The number of aromatic nitrogens is 3. The van der Waals surface area contributed by atoms with E-state index in [2.05, 4.69) is 53.8 Å². The Morgan fingerprint density at radius 1 is 1.03 bits per heavy atom. The number of hydrogen-bond donors (Lipinski definition) is 0. The molecule has 30 heavy (non-hydrogen) atoms. The van der Waals surface area contributed by atoms with Gasteiger partial charge in [-0.3, -0.25) is 0 Å². The quantitative estimate of drug-likeness (QED) is 0.676. The number of allylic oxidation sites excluding steroid dienone is 2. The summed E-state index contributed by atoms with van der Waals surface area (Å²) < 4.78 is 11.3. The van der Waals surface area contributed by atoms with Gasteiger partial charge < -0.3 is 4.43 Å². The lowest BCUT2D eigenvalue weighted by atomic mass is 9.77. The van der Waals surface area contributed by atoms with Crippen molar-refractivity contribution in [2.45, 2.75) is 71.3 Å². The Morgan fingerprint density at radius 2 is 1.63 bits per heavy atom. The third-order valence-electron chi connectivity index (χ3n) is 7.23. The Hall–Kier alpha value is -2.28. The van der Waals surface area contributed by atoms with Crippen LogP contribution in [0.3, 0.4) is 0 Å². The SMILES string of the molecule is CC(C)[C@@H]1C[C@@H]2C(O[Si](C)(C)C(C)(C)C)=C[C@H]1n1c(=O)n(-c3ccccc3)c(=O)n12. The van der Waals surface area contributed by atoms with Crippen LogP contribution in [0.4, 0.5) is 0 Å². The first-order chi connectivity index (χ1) is 13.9. The highest BCUT2D eigenvalue weighted by Gasteiger charge is 2.48. The molecule has 6 nitrogen and oxygen atoms in total. The minimum Gasteiger partial charge on any atom is -0.545 e. The molecule has 0 radical (unpaired) electrons. The first-order valence-corrected chi connectivity index (χ1v) is 13.8. The number of nitrogens with zero attached hydrogens (tertiary/aromatic N) is 3. The third-order valence-corrected chi connectivity index (χ3v) is 11.6. The van der Waals surface area contributed by atoms with E-state index in [0.717, 1.165) is 12.2 Å². The molecule has 1 aromatic heterocycles. The number of rotatable bonds is 4. The van der Waals surface area contributed by atoms with E-state index < -0.39 is 8.32 Å². The highest BCUT2D eigenvalue weighted by molar-refractivity contribution is 6.74. The van der Waals surface area contributed by atoms with Gasteiger partial charge in [0.25, 0.3) is 0 Å². The fourth-order valence-electron chi connectivity index (χ4n) is 4.43. The summed E-state index contributed by atoms with van der Waals surface area (Å²) in [7, 11) is -2.07. The molecule has 2 bridgehead atoms. The van der Waals surface area contributed by atoms with Crippen LogP contribution >= 0.6 is 0 Å². The first-order valence-electron chi connectivity index (χ1n) is 10.9. The molecular weight excluding hydrogens is 394 g/mol. The average molecular weight is 428 g/mol. The average Bonchev–Trinajstić information content (AvgIpc) is 2.93. The number of para-hydroxylation sites is 1. The lowest BCUT2D eigenvalue weighted by Crippen LogP contribution is -2.49. The van der Waals surface area contributed by atoms with E-state index >= 15 is 0 Å². The Balaban J connectivity index is 1.87. The van der Waals surface area contributed by atoms with Crippen LogP contribution in [-0.2, 0) is 4.43 Å². The number of fused-ring (bicyclic) bond motifs is 1. The fraction of sp³-hybridized carbons (Fsp3) is 0.565. The number of hydrogen-bond acceptors (Lipinski definition) is 3. The van der Waals surface area contributed by atoms with Crippen LogP contribution in [0.5, 0.6) is 0 Å². The van der Waals surface area contributed by atoms with Crippen molar-refractivity contribution < 1.29 is 4.43 Å². The van der Waals surface area contributed by atoms with Crippen LogP contribution in [0, 0.1) is 11.8 Å². The lowest BCUT2D eigenvalue weighted by molar-refractivity contribution is 0.101. The summed E-state index contributed by atoms with van der Waals surface area (Å²) in [6.45, 7) is 15.5. The molecule has 3 atom stereocenters. The predicted molar refractivity (Wildman–Crippen MR) is 122 cm³/mol. The molecule has 3 aliphatic rings. The summed E-state index contributed by atoms with van der Waals surface area (Å²) >= 11 is 0. The molecule has 2 aromatic rings. The standard InChI is InChI=1S/C23H33N3O3Si/c1-15(2)17-13-19-20(29-30(6,7)23(3,4)5)14-18(17)25-21(27)24(22(28)26(19)25)16-11-9-8-10-12-16/h8-12,14-15,17-19H,13H2,1-7H3/t17-,18+,19+/m0/s1. The van der Waals surface area contributed by atoms with Crippen molar-refractivity contribution in [2.24, 2.45) is 11.8 Å². The first kappa shape index (κ1) is 21.0. The van der Waals surface area contributed by atoms with Crippen LogP contribution in [0.15, 0.2) is 51.8 Å². The van der Waals surface area contributed by atoms with E-state index in [1.807, 2.05) is 18.2 Å². The Morgan fingerprint density at radius 3 is 2.20 bits per heavy atom. The summed E-state index contributed by atoms with van der Waals surface area (Å²) in [5, 5.41) is 0.0581. The zero-order chi connectivity index (χ0) is 22.0. The maximum atomic E-state index is 13.4. The van der Waals surface area contributed by atoms with Crippen molar-refractivity contribution in [3.05, 3.63) is 63.1 Å². The van der Waals surface area contributed by atoms with Gasteiger partial charge in [-0.25, -0.2) is 23.5 Å². The molecule has 5 rings (SSSR count). The van der Waals surface area contributed by atoms with Crippen LogP contribution in [0.25, 0.3) is 5.69 Å². The van der Waals surface area contributed by atoms with Crippen LogP contribution in [-0.4, -0.2) is 22.2 Å². The molecule has 0 saturated heterocycles. The van der Waals surface area contributed by atoms with Crippen LogP contribution in [0.1, 0.15) is 53.1 Å². The maximum absolute atomic E-state index is 13.4. The van der Waals surface area contributed by atoms with Gasteiger partial charge in [0.2, 0.25) is 8.32 Å². The van der Waals surface area contributed by atoms with E-state index in [0.29, 0.717) is 17.5 Å². The van der Waals surface area contributed by atoms with Gasteiger partial charge in [-0.15, -0.1) is 0 Å². The number of benzene rings is 1. The fourth-order valence-corrected chi connectivity index (χ4v) is 5.53. The molecule has 0 N–H and O–H groups in total. The van der Waals surface area contributed by atoms with Crippen molar-refractivity contribution in [1.82, 2.24) is 13.9 Å². The zero-order valence-electron chi connectivity index (χ0n) is 19.0. The van der Waals surface area contributed by atoms with Gasteiger partial charge in [-0.2, -0.15) is 0 Å². The van der Waals surface area contributed by atoms with Gasteiger partial charge in [0.15, 0.2) is 0 Å². The summed E-state index contributed by atoms with van der Waals surface area (Å²) in [5.74, 6) is 1.57. The Kier molecular flexibility index (Phi) is 4.80. The Bertz CT molecular complexity index is 1100. The second-order valence-corrected chi connectivity index (χ2v) is 15.2. The van der Waals surface area contributed by atoms with E-state index in [9.17, 15) is 9.59 Å². The van der Waals surface area contributed by atoms with Gasteiger partial charge in [0, 0.05) is 0 Å². The van der Waals surface area contributed by atoms with E-state index in [1.54, 1.807) is 21.5 Å². The molecular formula is C23H33N3O3Si. The molecule has 1 aliphatic carbocycles. The van der Waals surface area contributed by atoms with E-state index in [4.69, 9.17) is 4.43 Å². The van der Waals surface area contributed by atoms with E-state index in [1.165, 1.54) is 4.57 Å². The largest absolute Gasteiger partial charge is 0.545 e. The van der Waals surface area contributed by atoms with Gasteiger partial charge >= 0.3 is 11.4 Å². The molecule has 7 heteroatoms. The molecule has 3 heterocycles. The summed E-state index contributed by atoms with van der Waals surface area (Å²) in [4.78, 5) is 26.8. The molecule has 162 valence electrons. The van der Waals surface area contributed by atoms with Crippen molar-refractivity contribution in [2.75, 3.05) is 0 Å². The minimum absolute atomic E-state index is 0.0581. The minimum atomic E-state index is -2.07. The van der Waals surface area contributed by atoms with Crippen LogP contribution in [0.2, 0.25) is 18.1 Å². The van der Waals surface area contributed by atoms with Crippen molar-refractivity contribution in [3.63, 3.8) is 0 Å². The summed E-state index contributed by atoms with van der Waals surface area (Å²) in [5.41, 5.74) is 0.0521. The van der Waals surface area contributed by atoms with Gasteiger partial charge in [0.1, 0.15) is 11.8 Å². The third kappa shape index (κ3) is 3.05. The smallest absolute Gasteiger partial charge is 0.352 e. The second-order valence-electron chi connectivity index (χ2n) is 10.5. The normalized spacial score (nSPS) is 23.5. The van der Waals surface area contributed by atoms with Crippen LogP contribution < -0.4 is 11.4 Å². The van der Waals surface area contributed by atoms with Crippen molar-refractivity contribution in [3.8, 4) is 5.69 Å². The molecule has 0 fully saturated rings.